The van der Waals surface area contributed by atoms with Crippen LogP contribution in [0.1, 0.15) is 27.2 Å². The van der Waals surface area contributed by atoms with Gasteiger partial charge in [-0.2, -0.15) is 0 Å². The number of imide groups is 1. The average molecular weight is 409 g/mol. The molecule has 0 fully saturated rings. The van der Waals surface area contributed by atoms with Gasteiger partial charge < -0.3 is 14.8 Å². The summed E-state index contributed by atoms with van der Waals surface area (Å²) in [5.41, 5.74) is 1.19. The van der Waals surface area contributed by atoms with Crippen LogP contribution < -0.4 is 15.4 Å². The van der Waals surface area contributed by atoms with Crippen LogP contribution in [0.4, 0.5) is 9.80 Å². The summed E-state index contributed by atoms with van der Waals surface area (Å²) in [7, 11) is 1.18. The lowest BCUT2D eigenvalue weighted by molar-refractivity contribution is -0.118. The first-order chi connectivity index (χ1) is 13.0. The minimum Gasteiger partial charge on any atom is -0.484 e. The Morgan fingerprint density at radius 3 is 2.63 bits per heavy atom. The summed E-state index contributed by atoms with van der Waals surface area (Å²) < 4.78 is 9.88. The van der Waals surface area contributed by atoms with Gasteiger partial charge in [0.2, 0.25) is 0 Å². The quantitative estimate of drug-likeness (QED) is 0.790. The first kappa shape index (κ1) is 19.2. The summed E-state index contributed by atoms with van der Waals surface area (Å²) in [6.07, 6.45) is 1.66. The van der Waals surface area contributed by atoms with E-state index in [-0.39, 0.29) is 6.61 Å². The third-order valence-electron chi connectivity index (χ3n) is 3.99. The molecule has 0 saturated heterocycles. The molecule has 0 saturated carbocycles. The molecule has 1 heterocycles. The van der Waals surface area contributed by atoms with Crippen molar-refractivity contribution >= 4 is 45.8 Å². The Morgan fingerprint density at radius 2 is 1.93 bits per heavy atom. The van der Waals surface area contributed by atoms with E-state index in [0.717, 1.165) is 29.7 Å². The molecule has 0 spiro atoms. The van der Waals surface area contributed by atoms with Crippen molar-refractivity contribution in [2.24, 2.45) is 0 Å². The Hall–Kier alpha value is -2.58. The SMILES string of the molecule is COC(=O)NC(=O)c1c(NC(=O)COc2ccc(Cl)cc2)sc2c1CCC2. The van der Waals surface area contributed by atoms with Crippen LogP contribution in [0.25, 0.3) is 0 Å². The van der Waals surface area contributed by atoms with Crippen LogP contribution in [0, 0.1) is 0 Å². The molecule has 1 aromatic heterocycles. The number of halogens is 1. The number of fused-ring (bicyclic) bond motifs is 1. The molecule has 0 bridgehead atoms. The molecule has 3 rings (SSSR count). The highest BCUT2D eigenvalue weighted by molar-refractivity contribution is 7.17. The number of carbonyl (C=O) groups is 3. The maximum Gasteiger partial charge on any atom is 0.413 e. The second kappa shape index (κ2) is 8.41. The summed E-state index contributed by atoms with van der Waals surface area (Å²) >= 11 is 7.15. The largest absolute Gasteiger partial charge is 0.484 e. The Morgan fingerprint density at radius 1 is 1.19 bits per heavy atom. The fraction of sp³-hybridized carbons (Fsp3) is 0.278. The average Bonchev–Trinajstić information content (AvgIpc) is 3.21. The zero-order valence-electron chi connectivity index (χ0n) is 14.5. The standard InChI is InChI=1S/C18H17ClN2O5S/c1-25-18(24)21-16(23)15-12-3-2-4-13(12)27-17(15)20-14(22)9-26-11-7-5-10(19)6-8-11/h5-8H,2-4,9H2,1H3,(H,20,22)(H,21,23,24). The Labute approximate surface area is 164 Å². The van der Waals surface area contributed by atoms with E-state index >= 15 is 0 Å². The van der Waals surface area contributed by atoms with Crippen LogP contribution in [0.2, 0.25) is 5.02 Å². The summed E-state index contributed by atoms with van der Waals surface area (Å²) in [6, 6.07) is 6.64. The highest BCUT2D eigenvalue weighted by Gasteiger charge is 2.28. The van der Waals surface area contributed by atoms with E-state index in [1.165, 1.54) is 18.4 Å². The van der Waals surface area contributed by atoms with Crippen molar-refractivity contribution in [2.45, 2.75) is 19.3 Å². The lowest BCUT2D eigenvalue weighted by atomic mass is 10.1. The monoisotopic (exact) mass is 408 g/mol. The molecule has 2 aromatic rings. The highest BCUT2D eigenvalue weighted by Crippen LogP contribution is 2.39. The number of carbonyl (C=O) groups excluding carboxylic acids is 3. The molecule has 1 aromatic carbocycles. The van der Waals surface area contributed by atoms with Gasteiger partial charge in [0.05, 0.1) is 12.7 Å². The summed E-state index contributed by atoms with van der Waals surface area (Å²) in [5, 5.41) is 5.84. The van der Waals surface area contributed by atoms with Crippen molar-refractivity contribution in [3.63, 3.8) is 0 Å². The van der Waals surface area contributed by atoms with Gasteiger partial charge >= 0.3 is 6.09 Å². The zero-order valence-corrected chi connectivity index (χ0v) is 16.0. The number of ether oxygens (including phenoxy) is 2. The van der Waals surface area contributed by atoms with E-state index in [9.17, 15) is 14.4 Å². The summed E-state index contributed by atoms with van der Waals surface area (Å²) in [4.78, 5) is 37.1. The third-order valence-corrected chi connectivity index (χ3v) is 5.45. The van der Waals surface area contributed by atoms with Gasteiger partial charge in [-0.05, 0) is 49.1 Å². The number of nitrogens with one attached hydrogen (secondary N) is 2. The molecular weight excluding hydrogens is 392 g/mol. The fourth-order valence-corrected chi connectivity index (χ4v) is 4.21. The van der Waals surface area contributed by atoms with Crippen LogP contribution in [-0.4, -0.2) is 31.6 Å². The molecule has 0 atom stereocenters. The van der Waals surface area contributed by atoms with Crippen LogP contribution in [0.3, 0.4) is 0 Å². The van der Waals surface area contributed by atoms with Crippen LogP contribution >= 0.6 is 22.9 Å². The van der Waals surface area contributed by atoms with E-state index in [1.807, 2.05) is 0 Å². The normalized spacial score (nSPS) is 12.2. The Kier molecular flexibility index (Phi) is 5.98. The van der Waals surface area contributed by atoms with Gasteiger partial charge in [0.15, 0.2) is 6.61 Å². The lowest BCUT2D eigenvalue weighted by Gasteiger charge is -2.09. The number of alkyl carbamates (subject to hydrolysis) is 1. The van der Waals surface area contributed by atoms with Crippen molar-refractivity contribution in [3.05, 3.63) is 45.3 Å². The van der Waals surface area contributed by atoms with E-state index in [0.29, 0.717) is 21.3 Å². The maximum absolute atomic E-state index is 12.4. The molecule has 0 aliphatic heterocycles. The first-order valence-corrected chi connectivity index (χ1v) is 9.39. The van der Waals surface area contributed by atoms with Gasteiger partial charge in [-0.3, -0.25) is 14.9 Å². The fourth-order valence-electron chi connectivity index (χ4n) is 2.78. The van der Waals surface area contributed by atoms with Crippen molar-refractivity contribution in [1.29, 1.82) is 0 Å². The topological polar surface area (TPSA) is 93.7 Å². The second-order valence-electron chi connectivity index (χ2n) is 5.80. The zero-order chi connectivity index (χ0) is 19.4. The molecule has 1 aliphatic rings. The molecule has 0 radical (unpaired) electrons. The van der Waals surface area contributed by atoms with Crippen molar-refractivity contribution in [2.75, 3.05) is 19.0 Å². The number of thiophene rings is 1. The number of anilines is 1. The molecule has 142 valence electrons. The minimum absolute atomic E-state index is 0.220. The predicted octanol–water partition coefficient (Wildman–Crippen LogP) is 3.40. The Bertz CT molecular complexity index is 879. The summed E-state index contributed by atoms with van der Waals surface area (Å²) in [5.74, 6) is -0.487. The number of methoxy groups -OCH3 is 1. The van der Waals surface area contributed by atoms with Gasteiger partial charge in [0.1, 0.15) is 10.8 Å². The molecular formula is C18H17ClN2O5S. The predicted molar refractivity (Wildman–Crippen MR) is 102 cm³/mol. The number of rotatable bonds is 5. The molecule has 2 N–H and O–H groups in total. The van der Waals surface area contributed by atoms with Gasteiger partial charge in [-0.15, -0.1) is 11.3 Å². The van der Waals surface area contributed by atoms with Gasteiger partial charge in [-0.1, -0.05) is 11.6 Å². The number of hydrogen-bond donors (Lipinski definition) is 2. The van der Waals surface area contributed by atoms with E-state index < -0.39 is 17.9 Å². The van der Waals surface area contributed by atoms with Gasteiger partial charge in [0, 0.05) is 9.90 Å². The van der Waals surface area contributed by atoms with Gasteiger partial charge in [0.25, 0.3) is 11.8 Å². The number of benzene rings is 1. The van der Waals surface area contributed by atoms with Crippen molar-refractivity contribution in [3.8, 4) is 5.75 Å². The lowest BCUT2D eigenvalue weighted by Crippen LogP contribution is -2.31. The minimum atomic E-state index is -0.846. The molecule has 0 unspecified atom stereocenters. The molecule has 27 heavy (non-hydrogen) atoms. The third kappa shape index (κ3) is 4.58. The van der Waals surface area contributed by atoms with Gasteiger partial charge in [-0.25, -0.2) is 4.79 Å². The maximum atomic E-state index is 12.4. The first-order valence-electron chi connectivity index (χ1n) is 8.20. The van der Waals surface area contributed by atoms with Crippen LogP contribution in [0.5, 0.6) is 5.75 Å². The van der Waals surface area contributed by atoms with E-state index in [4.69, 9.17) is 16.3 Å². The summed E-state index contributed by atoms with van der Waals surface area (Å²) in [6.45, 7) is -0.220. The number of hydrogen-bond acceptors (Lipinski definition) is 6. The molecule has 7 nitrogen and oxygen atoms in total. The van der Waals surface area contributed by atoms with Crippen molar-refractivity contribution in [1.82, 2.24) is 5.32 Å². The second-order valence-corrected chi connectivity index (χ2v) is 7.34. The smallest absolute Gasteiger partial charge is 0.413 e. The number of amides is 3. The van der Waals surface area contributed by atoms with Crippen LogP contribution in [-0.2, 0) is 22.4 Å². The van der Waals surface area contributed by atoms with E-state index in [1.54, 1.807) is 24.3 Å². The van der Waals surface area contributed by atoms with Crippen LogP contribution in [0.15, 0.2) is 24.3 Å². The van der Waals surface area contributed by atoms with E-state index in [2.05, 4.69) is 15.4 Å². The molecule has 3 amide bonds. The van der Waals surface area contributed by atoms with Crippen molar-refractivity contribution < 1.29 is 23.9 Å². The Balaban J connectivity index is 1.70. The number of aryl methyl sites for hydroxylation is 1. The molecule has 9 heteroatoms. The molecule has 1 aliphatic carbocycles. The highest BCUT2D eigenvalue weighted by atomic mass is 35.5.